The number of hydrogen-bond donors (Lipinski definition) is 2. The molecule has 0 radical (unpaired) electrons. The number of amides is 1. The Morgan fingerprint density at radius 1 is 1.19 bits per heavy atom. The Morgan fingerprint density at radius 3 is 2.52 bits per heavy atom. The first-order chi connectivity index (χ1) is 10.1. The van der Waals surface area contributed by atoms with Gasteiger partial charge in [-0.1, -0.05) is 43.2 Å². The molecule has 3 nitrogen and oxygen atoms in total. The predicted molar refractivity (Wildman–Crippen MR) is 87.2 cm³/mol. The molecule has 0 heterocycles. The molecular weight excluding hydrogens is 260 g/mol. The van der Waals surface area contributed by atoms with Crippen LogP contribution in [0.4, 0.5) is 0 Å². The average molecular weight is 288 g/mol. The molecule has 3 heteroatoms. The first-order valence-electron chi connectivity index (χ1n) is 8.25. The van der Waals surface area contributed by atoms with Crippen LogP contribution in [-0.2, 0) is 11.2 Å². The van der Waals surface area contributed by atoms with E-state index in [1.807, 2.05) is 13.0 Å². The van der Waals surface area contributed by atoms with E-state index in [9.17, 15) is 4.79 Å². The summed E-state index contributed by atoms with van der Waals surface area (Å²) >= 11 is 0. The van der Waals surface area contributed by atoms with Gasteiger partial charge in [-0.25, -0.2) is 0 Å². The summed E-state index contributed by atoms with van der Waals surface area (Å²) in [6, 6.07) is 11.1. The topological polar surface area (TPSA) is 41.1 Å². The summed E-state index contributed by atoms with van der Waals surface area (Å²) in [7, 11) is 0. The van der Waals surface area contributed by atoms with E-state index in [4.69, 9.17) is 0 Å². The van der Waals surface area contributed by atoms with Gasteiger partial charge in [-0.05, 0) is 45.1 Å². The summed E-state index contributed by atoms with van der Waals surface area (Å²) in [6.45, 7) is 4.12. The molecule has 1 amide bonds. The smallest absolute Gasteiger partial charge is 0.237 e. The fraction of sp³-hybridized carbons (Fsp3) is 0.611. The lowest BCUT2D eigenvalue weighted by molar-refractivity contribution is -0.123. The van der Waals surface area contributed by atoms with Gasteiger partial charge in [-0.15, -0.1) is 0 Å². The van der Waals surface area contributed by atoms with Crippen molar-refractivity contribution >= 4 is 5.91 Å². The van der Waals surface area contributed by atoms with E-state index in [2.05, 4.69) is 41.8 Å². The van der Waals surface area contributed by atoms with E-state index in [-0.39, 0.29) is 11.9 Å². The molecule has 116 valence electrons. The maximum atomic E-state index is 12.1. The minimum Gasteiger partial charge on any atom is -0.352 e. The van der Waals surface area contributed by atoms with Crippen molar-refractivity contribution in [1.29, 1.82) is 0 Å². The van der Waals surface area contributed by atoms with Crippen LogP contribution in [0, 0.1) is 0 Å². The molecule has 21 heavy (non-hydrogen) atoms. The second-order valence-electron chi connectivity index (χ2n) is 6.30. The van der Waals surface area contributed by atoms with Crippen LogP contribution in [0.25, 0.3) is 0 Å². The Labute approximate surface area is 128 Å². The largest absolute Gasteiger partial charge is 0.352 e. The Morgan fingerprint density at radius 2 is 1.86 bits per heavy atom. The number of benzene rings is 1. The van der Waals surface area contributed by atoms with E-state index < -0.39 is 0 Å². The van der Waals surface area contributed by atoms with Gasteiger partial charge < -0.3 is 10.6 Å². The molecule has 0 aromatic heterocycles. The second-order valence-corrected chi connectivity index (χ2v) is 6.30. The van der Waals surface area contributed by atoms with Crippen molar-refractivity contribution in [1.82, 2.24) is 10.6 Å². The summed E-state index contributed by atoms with van der Waals surface area (Å²) < 4.78 is 0. The molecule has 0 aliphatic heterocycles. The standard InChI is InChI=1S/C18H28N2O/c1-14(12-13-16-8-4-3-5-9-16)19-15(2)18(21)20-17-10-6-7-11-17/h3-5,8-9,14-15,17,19H,6-7,10-13H2,1-2H3,(H,20,21). The Hall–Kier alpha value is -1.35. The third-order valence-electron chi connectivity index (χ3n) is 4.34. The van der Waals surface area contributed by atoms with Gasteiger partial charge in [0.05, 0.1) is 6.04 Å². The van der Waals surface area contributed by atoms with Crippen molar-refractivity contribution in [2.45, 2.75) is 70.5 Å². The van der Waals surface area contributed by atoms with E-state index in [0.29, 0.717) is 12.1 Å². The molecule has 1 aliphatic carbocycles. The lowest BCUT2D eigenvalue weighted by Crippen LogP contribution is -2.48. The molecule has 2 unspecified atom stereocenters. The Balaban J connectivity index is 1.68. The monoisotopic (exact) mass is 288 g/mol. The van der Waals surface area contributed by atoms with Crippen LogP contribution >= 0.6 is 0 Å². The number of aryl methyl sites for hydroxylation is 1. The van der Waals surface area contributed by atoms with Crippen LogP contribution in [0.1, 0.15) is 51.5 Å². The zero-order chi connectivity index (χ0) is 15.1. The number of carbonyl (C=O) groups excluding carboxylic acids is 1. The lowest BCUT2D eigenvalue weighted by Gasteiger charge is -2.21. The first-order valence-corrected chi connectivity index (χ1v) is 8.25. The van der Waals surface area contributed by atoms with Crippen molar-refractivity contribution in [3.05, 3.63) is 35.9 Å². The van der Waals surface area contributed by atoms with Crippen LogP contribution < -0.4 is 10.6 Å². The maximum Gasteiger partial charge on any atom is 0.237 e. The van der Waals surface area contributed by atoms with E-state index >= 15 is 0 Å². The van der Waals surface area contributed by atoms with Gasteiger partial charge in [0.2, 0.25) is 5.91 Å². The van der Waals surface area contributed by atoms with Gasteiger partial charge in [0.1, 0.15) is 0 Å². The number of carbonyl (C=O) groups is 1. The second kappa shape index (κ2) is 8.18. The normalized spacial score (nSPS) is 18.4. The van der Waals surface area contributed by atoms with Gasteiger partial charge in [-0.2, -0.15) is 0 Å². The van der Waals surface area contributed by atoms with Crippen LogP contribution in [0.3, 0.4) is 0 Å². The number of nitrogens with one attached hydrogen (secondary N) is 2. The minimum absolute atomic E-state index is 0.114. The molecule has 2 rings (SSSR count). The van der Waals surface area contributed by atoms with Gasteiger partial charge in [0.15, 0.2) is 0 Å². The molecule has 1 aromatic carbocycles. The van der Waals surface area contributed by atoms with Crippen LogP contribution in [0.5, 0.6) is 0 Å². The van der Waals surface area contributed by atoms with Crippen molar-refractivity contribution in [2.75, 3.05) is 0 Å². The molecule has 2 atom stereocenters. The molecular formula is C18H28N2O. The van der Waals surface area contributed by atoms with E-state index in [1.54, 1.807) is 0 Å². The summed E-state index contributed by atoms with van der Waals surface area (Å²) in [6.07, 6.45) is 6.88. The zero-order valence-corrected chi connectivity index (χ0v) is 13.3. The highest BCUT2D eigenvalue weighted by molar-refractivity contribution is 5.81. The summed E-state index contributed by atoms with van der Waals surface area (Å²) in [5.74, 6) is 0.147. The quantitative estimate of drug-likeness (QED) is 0.809. The Bertz CT molecular complexity index is 426. The molecule has 1 aromatic rings. The van der Waals surface area contributed by atoms with Crippen molar-refractivity contribution < 1.29 is 4.79 Å². The average Bonchev–Trinajstić information content (AvgIpc) is 2.99. The highest BCUT2D eigenvalue weighted by Crippen LogP contribution is 2.17. The lowest BCUT2D eigenvalue weighted by atomic mass is 10.1. The Kier molecular flexibility index (Phi) is 6.24. The SMILES string of the molecule is CC(CCc1ccccc1)NC(C)C(=O)NC1CCCC1. The predicted octanol–water partition coefficient (Wildman–Crippen LogP) is 3.04. The zero-order valence-electron chi connectivity index (χ0n) is 13.3. The molecule has 1 aliphatic rings. The van der Waals surface area contributed by atoms with Gasteiger partial charge >= 0.3 is 0 Å². The van der Waals surface area contributed by atoms with Crippen molar-refractivity contribution in [3.8, 4) is 0 Å². The molecule has 0 spiro atoms. The number of hydrogen-bond acceptors (Lipinski definition) is 2. The van der Waals surface area contributed by atoms with Crippen LogP contribution in [-0.4, -0.2) is 24.0 Å². The van der Waals surface area contributed by atoms with E-state index in [0.717, 1.165) is 25.7 Å². The van der Waals surface area contributed by atoms with Gasteiger partial charge in [0.25, 0.3) is 0 Å². The summed E-state index contributed by atoms with van der Waals surface area (Å²) in [5, 5.41) is 6.57. The molecule has 0 bridgehead atoms. The third kappa shape index (κ3) is 5.50. The van der Waals surface area contributed by atoms with Crippen LogP contribution in [0.2, 0.25) is 0 Å². The third-order valence-corrected chi connectivity index (χ3v) is 4.34. The van der Waals surface area contributed by atoms with Gasteiger partial charge in [0, 0.05) is 12.1 Å². The van der Waals surface area contributed by atoms with Crippen molar-refractivity contribution in [3.63, 3.8) is 0 Å². The van der Waals surface area contributed by atoms with Crippen molar-refractivity contribution in [2.24, 2.45) is 0 Å². The van der Waals surface area contributed by atoms with E-state index in [1.165, 1.54) is 18.4 Å². The maximum absolute atomic E-state index is 12.1. The highest BCUT2D eigenvalue weighted by atomic mass is 16.2. The molecule has 1 saturated carbocycles. The molecule has 1 fully saturated rings. The van der Waals surface area contributed by atoms with Gasteiger partial charge in [-0.3, -0.25) is 4.79 Å². The molecule has 0 saturated heterocycles. The summed E-state index contributed by atoms with van der Waals surface area (Å²) in [4.78, 5) is 12.1. The number of rotatable bonds is 7. The first kappa shape index (κ1) is 16.0. The highest BCUT2D eigenvalue weighted by Gasteiger charge is 2.21. The minimum atomic E-state index is -0.114. The molecule has 2 N–H and O–H groups in total. The fourth-order valence-corrected chi connectivity index (χ4v) is 3.01. The summed E-state index contributed by atoms with van der Waals surface area (Å²) in [5.41, 5.74) is 1.36. The fourth-order valence-electron chi connectivity index (χ4n) is 3.01. The van der Waals surface area contributed by atoms with Crippen LogP contribution in [0.15, 0.2) is 30.3 Å².